The number of rotatable bonds is 4. The maximum absolute atomic E-state index is 11.8. The highest BCUT2D eigenvalue weighted by Gasteiger charge is 2.10. The van der Waals surface area contributed by atoms with Crippen LogP contribution < -0.4 is 10.4 Å². The zero-order chi connectivity index (χ0) is 17.4. The van der Waals surface area contributed by atoms with Crippen LogP contribution in [0.5, 0.6) is 5.75 Å². The van der Waals surface area contributed by atoms with Crippen LogP contribution in [0.15, 0.2) is 57.7 Å². The molecule has 5 heteroatoms. The minimum Gasteiger partial charge on any atom is -0.486 e. The van der Waals surface area contributed by atoms with Crippen molar-refractivity contribution in [1.29, 1.82) is 0 Å². The van der Waals surface area contributed by atoms with Crippen molar-refractivity contribution in [3.05, 3.63) is 69.5 Å². The first kappa shape index (κ1) is 15.8. The van der Waals surface area contributed by atoms with Crippen LogP contribution in [0.3, 0.4) is 0 Å². The molecular formula is C20H17NO3S. The van der Waals surface area contributed by atoms with Crippen molar-refractivity contribution < 1.29 is 9.15 Å². The Morgan fingerprint density at radius 2 is 2.00 bits per heavy atom. The van der Waals surface area contributed by atoms with Gasteiger partial charge in [-0.1, -0.05) is 26.0 Å². The molecule has 4 aromatic rings. The van der Waals surface area contributed by atoms with Gasteiger partial charge in [-0.25, -0.2) is 9.78 Å². The molecule has 2 aromatic carbocycles. The third kappa shape index (κ3) is 3.15. The summed E-state index contributed by atoms with van der Waals surface area (Å²) in [6, 6.07) is 15.2. The SMILES string of the molecule is CC(C)c1cc(=O)oc2cc(OCc3nc4ccccc4s3)ccc12. The van der Waals surface area contributed by atoms with E-state index in [2.05, 4.69) is 24.9 Å². The van der Waals surface area contributed by atoms with Crippen LogP contribution in [-0.4, -0.2) is 4.98 Å². The molecule has 0 aliphatic rings. The van der Waals surface area contributed by atoms with E-state index < -0.39 is 0 Å². The van der Waals surface area contributed by atoms with E-state index >= 15 is 0 Å². The molecule has 0 radical (unpaired) electrons. The van der Waals surface area contributed by atoms with E-state index in [1.807, 2.05) is 30.3 Å². The summed E-state index contributed by atoms with van der Waals surface area (Å²) in [5.41, 5.74) is 2.19. The zero-order valence-corrected chi connectivity index (χ0v) is 14.8. The summed E-state index contributed by atoms with van der Waals surface area (Å²) in [6.07, 6.45) is 0. The van der Waals surface area contributed by atoms with Gasteiger partial charge in [-0.15, -0.1) is 11.3 Å². The molecule has 2 aromatic heterocycles. The van der Waals surface area contributed by atoms with Gasteiger partial charge >= 0.3 is 5.63 Å². The number of thiazole rings is 1. The van der Waals surface area contributed by atoms with Gasteiger partial charge in [0.1, 0.15) is 22.9 Å². The van der Waals surface area contributed by atoms with Gasteiger partial charge in [-0.3, -0.25) is 0 Å². The van der Waals surface area contributed by atoms with Crippen molar-refractivity contribution in [1.82, 2.24) is 4.98 Å². The molecule has 0 unspecified atom stereocenters. The van der Waals surface area contributed by atoms with Crippen LogP contribution in [0, 0.1) is 0 Å². The normalized spacial score (nSPS) is 11.5. The lowest BCUT2D eigenvalue weighted by Crippen LogP contribution is -2.02. The quantitative estimate of drug-likeness (QED) is 0.480. The number of aromatic nitrogens is 1. The number of nitrogens with zero attached hydrogens (tertiary/aromatic N) is 1. The van der Waals surface area contributed by atoms with Gasteiger partial charge < -0.3 is 9.15 Å². The Morgan fingerprint density at radius 3 is 2.80 bits per heavy atom. The summed E-state index contributed by atoms with van der Waals surface area (Å²) < 4.78 is 12.3. The number of hydrogen-bond acceptors (Lipinski definition) is 5. The molecule has 0 saturated carbocycles. The second-order valence-corrected chi connectivity index (χ2v) is 7.31. The Labute approximate surface area is 148 Å². The molecule has 25 heavy (non-hydrogen) atoms. The largest absolute Gasteiger partial charge is 0.486 e. The molecule has 0 spiro atoms. The van der Waals surface area contributed by atoms with E-state index in [1.165, 1.54) is 0 Å². The number of fused-ring (bicyclic) bond motifs is 2. The molecular weight excluding hydrogens is 334 g/mol. The van der Waals surface area contributed by atoms with Crippen molar-refractivity contribution in [3.8, 4) is 5.75 Å². The predicted octanol–water partition coefficient (Wildman–Crippen LogP) is 5.11. The monoisotopic (exact) mass is 351 g/mol. The zero-order valence-electron chi connectivity index (χ0n) is 14.0. The predicted molar refractivity (Wildman–Crippen MR) is 101 cm³/mol. The molecule has 2 heterocycles. The fourth-order valence-electron chi connectivity index (χ4n) is 2.86. The van der Waals surface area contributed by atoms with E-state index in [0.29, 0.717) is 17.9 Å². The average molecular weight is 351 g/mol. The maximum atomic E-state index is 11.8. The first-order valence-electron chi connectivity index (χ1n) is 8.15. The van der Waals surface area contributed by atoms with Crippen molar-refractivity contribution in [3.63, 3.8) is 0 Å². The van der Waals surface area contributed by atoms with Crippen LogP contribution in [0.1, 0.15) is 30.3 Å². The Kier molecular flexibility index (Phi) is 4.01. The summed E-state index contributed by atoms with van der Waals surface area (Å²) in [5.74, 6) is 0.914. The fraction of sp³-hybridized carbons (Fsp3) is 0.200. The Balaban J connectivity index is 1.62. The standard InChI is InChI=1S/C20H17NO3S/c1-12(2)15-10-20(22)24-17-9-13(7-8-14(15)17)23-11-19-21-16-5-3-4-6-18(16)25-19/h3-10,12H,11H2,1-2H3. The first-order chi connectivity index (χ1) is 12.1. The molecule has 126 valence electrons. The number of benzene rings is 2. The smallest absolute Gasteiger partial charge is 0.336 e. The molecule has 0 bridgehead atoms. The molecule has 0 fully saturated rings. The van der Waals surface area contributed by atoms with E-state index in [1.54, 1.807) is 23.5 Å². The van der Waals surface area contributed by atoms with E-state index in [4.69, 9.17) is 9.15 Å². The first-order valence-corrected chi connectivity index (χ1v) is 8.97. The van der Waals surface area contributed by atoms with Crippen LogP contribution in [-0.2, 0) is 6.61 Å². The molecule has 0 aliphatic heterocycles. The molecule has 4 nitrogen and oxygen atoms in total. The van der Waals surface area contributed by atoms with E-state index in [0.717, 1.165) is 26.2 Å². The van der Waals surface area contributed by atoms with Gasteiger partial charge in [-0.2, -0.15) is 0 Å². The molecule has 4 rings (SSSR count). The van der Waals surface area contributed by atoms with Gasteiger partial charge in [-0.05, 0) is 35.7 Å². The van der Waals surface area contributed by atoms with Gasteiger partial charge in [0.15, 0.2) is 0 Å². The number of ether oxygens (including phenoxy) is 1. The second-order valence-electron chi connectivity index (χ2n) is 6.20. The average Bonchev–Trinajstić information content (AvgIpc) is 3.01. The van der Waals surface area contributed by atoms with Gasteiger partial charge in [0, 0.05) is 17.5 Å². The highest BCUT2D eigenvalue weighted by Crippen LogP contribution is 2.28. The van der Waals surface area contributed by atoms with E-state index in [9.17, 15) is 4.79 Å². The van der Waals surface area contributed by atoms with Crippen molar-refractivity contribution in [2.24, 2.45) is 0 Å². The summed E-state index contributed by atoms with van der Waals surface area (Å²) in [7, 11) is 0. The summed E-state index contributed by atoms with van der Waals surface area (Å²) in [5, 5.41) is 1.86. The van der Waals surface area contributed by atoms with Gasteiger partial charge in [0.05, 0.1) is 10.2 Å². The molecule has 0 amide bonds. The number of para-hydroxylation sites is 1. The topological polar surface area (TPSA) is 52.3 Å². The molecule has 0 aliphatic carbocycles. The minimum absolute atomic E-state index is 0.251. The minimum atomic E-state index is -0.334. The molecule has 0 N–H and O–H groups in total. The maximum Gasteiger partial charge on any atom is 0.336 e. The Bertz CT molecular complexity index is 1080. The summed E-state index contributed by atoms with van der Waals surface area (Å²) in [6.45, 7) is 4.51. The highest BCUT2D eigenvalue weighted by atomic mass is 32.1. The second kappa shape index (κ2) is 6.33. The van der Waals surface area contributed by atoms with Crippen LogP contribution in [0.2, 0.25) is 0 Å². The summed E-state index contributed by atoms with van der Waals surface area (Å²) >= 11 is 1.62. The Hall–Kier alpha value is -2.66. The van der Waals surface area contributed by atoms with E-state index in [-0.39, 0.29) is 11.5 Å². The lowest BCUT2D eigenvalue weighted by molar-refractivity contribution is 0.305. The number of hydrogen-bond donors (Lipinski definition) is 0. The van der Waals surface area contributed by atoms with Gasteiger partial charge in [0.2, 0.25) is 0 Å². The fourth-order valence-corrected chi connectivity index (χ4v) is 3.74. The van der Waals surface area contributed by atoms with Crippen molar-refractivity contribution in [2.75, 3.05) is 0 Å². The lowest BCUT2D eigenvalue weighted by Gasteiger charge is -2.10. The van der Waals surface area contributed by atoms with Crippen molar-refractivity contribution in [2.45, 2.75) is 26.4 Å². The summed E-state index contributed by atoms with van der Waals surface area (Å²) in [4.78, 5) is 16.3. The van der Waals surface area contributed by atoms with Gasteiger partial charge in [0.25, 0.3) is 0 Å². The molecule has 0 saturated heterocycles. The van der Waals surface area contributed by atoms with Crippen LogP contribution >= 0.6 is 11.3 Å². The van der Waals surface area contributed by atoms with Crippen molar-refractivity contribution >= 4 is 32.5 Å². The lowest BCUT2D eigenvalue weighted by atomic mass is 10.00. The molecule has 0 atom stereocenters. The highest BCUT2D eigenvalue weighted by molar-refractivity contribution is 7.18. The Morgan fingerprint density at radius 1 is 1.16 bits per heavy atom. The van der Waals surface area contributed by atoms with Crippen LogP contribution in [0.4, 0.5) is 0 Å². The third-order valence-electron chi connectivity index (χ3n) is 4.07. The third-order valence-corrected chi connectivity index (χ3v) is 5.08. The van der Waals surface area contributed by atoms with Crippen LogP contribution in [0.25, 0.3) is 21.2 Å².